The van der Waals surface area contributed by atoms with E-state index in [9.17, 15) is 0 Å². The van der Waals surface area contributed by atoms with Crippen molar-refractivity contribution in [2.24, 2.45) is 4.99 Å². The molecular weight excluding hydrogens is 344 g/mol. The largest absolute Gasteiger partial charge is 0.496 e. The van der Waals surface area contributed by atoms with Gasteiger partial charge in [-0.05, 0) is 62.9 Å². The predicted octanol–water partition coefficient (Wildman–Crippen LogP) is 6.21. The van der Waals surface area contributed by atoms with Gasteiger partial charge in [-0.2, -0.15) is 0 Å². The number of fused-ring (bicyclic) bond motifs is 1. The van der Waals surface area contributed by atoms with Gasteiger partial charge in [0, 0.05) is 40.6 Å². The van der Waals surface area contributed by atoms with Gasteiger partial charge in [0.1, 0.15) is 5.75 Å². The van der Waals surface area contributed by atoms with E-state index in [4.69, 9.17) is 16.3 Å². The molecule has 0 spiro atoms. The standard InChI is InChI=1S/C22H27ClN2O/c1-6-25-20-12-21(26-5)16(10-19(20)15(2)13-22(25,3)4)14-24-18-9-7-8-17(23)11-18/h7-12,14-15H,6,13H2,1-5H3. The predicted molar refractivity (Wildman–Crippen MR) is 112 cm³/mol. The average molecular weight is 371 g/mol. The molecule has 2 aromatic carbocycles. The summed E-state index contributed by atoms with van der Waals surface area (Å²) in [5, 5.41) is 0.687. The molecule has 1 unspecified atom stereocenters. The SMILES string of the molecule is CCN1c2cc(OC)c(C=Nc3cccc(Cl)c3)cc2C(C)CC1(C)C. The number of hydrogen-bond donors (Lipinski definition) is 0. The lowest BCUT2D eigenvalue weighted by Crippen LogP contribution is -2.48. The molecule has 1 heterocycles. The van der Waals surface area contributed by atoms with Gasteiger partial charge in [0.05, 0.1) is 12.8 Å². The molecule has 1 atom stereocenters. The highest BCUT2D eigenvalue weighted by atomic mass is 35.5. The fourth-order valence-corrected chi connectivity index (χ4v) is 4.29. The maximum Gasteiger partial charge on any atom is 0.129 e. The van der Waals surface area contributed by atoms with Crippen LogP contribution < -0.4 is 9.64 Å². The molecular formula is C22H27ClN2O. The summed E-state index contributed by atoms with van der Waals surface area (Å²) in [6.45, 7) is 10.1. The summed E-state index contributed by atoms with van der Waals surface area (Å²) in [5.74, 6) is 1.34. The Balaban J connectivity index is 2.05. The summed E-state index contributed by atoms with van der Waals surface area (Å²) >= 11 is 6.05. The summed E-state index contributed by atoms with van der Waals surface area (Å²) in [5.41, 5.74) is 4.60. The van der Waals surface area contributed by atoms with Gasteiger partial charge in [-0.25, -0.2) is 0 Å². The topological polar surface area (TPSA) is 24.8 Å². The summed E-state index contributed by atoms with van der Waals surface area (Å²) in [4.78, 5) is 7.06. The van der Waals surface area contributed by atoms with Crippen LogP contribution in [0.15, 0.2) is 41.4 Å². The second-order valence-corrected chi connectivity index (χ2v) is 7.99. The van der Waals surface area contributed by atoms with Crippen LogP contribution in [0.3, 0.4) is 0 Å². The van der Waals surface area contributed by atoms with Crippen molar-refractivity contribution >= 4 is 29.2 Å². The van der Waals surface area contributed by atoms with Crippen molar-refractivity contribution in [3.63, 3.8) is 0 Å². The number of nitrogens with zero attached hydrogens (tertiary/aromatic N) is 2. The van der Waals surface area contributed by atoms with E-state index in [0.717, 1.165) is 30.0 Å². The monoisotopic (exact) mass is 370 g/mol. The maximum atomic E-state index is 6.05. The number of halogens is 1. The fraction of sp³-hybridized carbons (Fsp3) is 0.409. The van der Waals surface area contributed by atoms with Crippen molar-refractivity contribution in [3.8, 4) is 5.75 Å². The van der Waals surface area contributed by atoms with E-state index < -0.39 is 0 Å². The van der Waals surface area contributed by atoms with E-state index in [1.807, 2.05) is 30.5 Å². The van der Waals surface area contributed by atoms with Crippen LogP contribution in [0.5, 0.6) is 5.75 Å². The minimum Gasteiger partial charge on any atom is -0.496 e. The molecule has 0 N–H and O–H groups in total. The third-order valence-corrected chi connectivity index (χ3v) is 5.45. The van der Waals surface area contributed by atoms with E-state index >= 15 is 0 Å². The number of rotatable bonds is 4. The lowest BCUT2D eigenvalue weighted by atomic mass is 9.79. The van der Waals surface area contributed by atoms with Crippen LogP contribution in [0.25, 0.3) is 0 Å². The van der Waals surface area contributed by atoms with Crippen LogP contribution in [-0.4, -0.2) is 25.4 Å². The highest BCUT2D eigenvalue weighted by Gasteiger charge is 2.36. The first-order valence-corrected chi connectivity index (χ1v) is 9.52. The minimum absolute atomic E-state index is 0.141. The summed E-state index contributed by atoms with van der Waals surface area (Å²) < 4.78 is 5.68. The summed E-state index contributed by atoms with van der Waals surface area (Å²) in [6, 6.07) is 11.9. The molecule has 0 aromatic heterocycles. The molecule has 0 fully saturated rings. The van der Waals surface area contributed by atoms with Crippen LogP contribution in [-0.2, 0) is 0 Å². The average Bonchev–Trinajstić information content (AvgIpc) is 2.59. The molecule has 3 rings (SSSR count). The summed E-state index contributed by atoms with van der Waals surface area (Å²) in [6.07, 6.45) is 3.00. The lowest BCUT2D eigenvalue weighted by Gasteiger charge is -2.47. The van der Waals surface area contributed by atoms with Crippen molar-refractivity contribution in [1.29, 1.82) is 0 Å². The number of benzene rings is 2. The lowest BCUT2D eigenvalue weighted by molar-refractivity contribution is 0.377. The van der Waals surface area contributed by atoms with Crippen molar-refractivity contribution in [1.82, 2.24) is 0 Å². The zero-order valence-corrected chi connectivity index (χ0v) is 17.0. The van der Waals surface area contributed by atoms with Gasteiger partial charge in [0.15, 0.2) is 0 Å². The molecule has 4 heteroatoms. The zero-order chi connectivity index (χ0) is 18.9. The van der Waals surface area contributed by atoms with Gasteiger partial charge in [-0.1, -0.05) is 24.6 Å². The highest BCUT2D eigenvalue weighted by molar-refractivity contribution is 6.30. The van der Waals surface area contributed by atoms with Crippen molar-refractivity contribution in [2.75, 3.05) is 18.6 Å². The van der Waals surface area contributed by atoms with Crippen LogP contribution >= 0.6 is 11.6 Å². The molecule has 3 nitrogen and oxygen atoms in total. The Morgan fingerprint density at radius 3 is 2.73 bits per heavy atom. The fourth-order valence-electron chi connectivity index (χ4n) is 4.10. The Morgan fingerprint density at radius 2 is 2.08 bits per heavy atom. The number of methoxy groups -OCH3 is 1. The molecule has 0 bridgehead atoms. The van der Waals surface area contributed by atoms with Crippen molar-refractivity contribution < 1.29 is 4.74 Å². The normalized spacial score (nSPS) is 18.8. The number of anilines is 1. The Labute approximate surface area is 161 Å². The molecule has 26 heavy (non-hydrogen) atoms. The molecule has 2 aromatic rings. The minimum atomic E-state index is 0.141. The van der Waals surface area contributed by atoms with Crippen LogP contribution in [0, 0.1) is 0 Å². The first-order valence-electron chi connectivity index (χ1n) is 9.15. The number of hydrogen-bond acceptors (Lipinski definition) is 3. The van der Waals surface area contributed by atoms with Gasteiger partial charge in [-0.3, -0.25) is 4.99 Å². The number of ether oxygens (including phenoxy) is 1. The number of aliphatic imine (C=N–C) groups is 1. The Morgan fingerprint density at radius 1 is 1.31 bits per heavy atom. The van der Waals surface area contributed by atoms with Gasteiger partial charge in [0.25, 0.3) is 0 Å². The second-order valence-electron chi connectivity index (χ2n) is 7.55. The van der Waals surface area contributed by atoms with Crippen LogP contribution in [0.4, 0.5) is 11.4 Å². The van der Waals surface area contributed by atoms with E-state index in [1.54, 1.807) is 7.11 Å². The zero-order valence-electron chi connectivity index (χ0n) is 16.2. The van der Waals surface area contributed by atoms with Gasteiger partial charge in [-0.15, -0.1) is 0 Å². The van der Waals surface area contributed by atoms with Crippen LogP contribution in [0.1, 0.15) is 51.2 Å². The molecule has 0 amide bonds. The van der Waals surface area contributed by atoms with Gasteiger partial charge >= 0.3 is 0 Å². The quantitative estimate of drug-likeness (QED) is 0.597. The Bertz CT molecular complexity index is 829. The molecule has 138 valence electrons. The molecule has 0 saturated carbocycles. The third kappa shape index (κ3) is 3.59. The molecule has 1 aliphatic rings. The first-order chi connectivity index (χ1) is 12.4. The maximum absolute atomic E-state index is 6.05. The second kappa shape index (κ2) is 7.32. The van der Waals surface area contributed by atoms with E-state index in [0.29, 0.717) is 10.9 Å². The van der Waals surface area contributed by atoms with Crippen molar-refractivity contribution in [2.45, 2.75) is 45.6 Å². The van der Waals surface area contributed by atoms with Gasteiger partial charge in [0.2, 0.25) is 0 Å². The first kappa shape index (κ1) is 18.8. The van der Waals surface area contributed by atoms with E-state index in [1.165, 1.54) is 11.3 Å². The van der Waals surface area contributed by atoms with E-state index in [2.05, 4.69) is 49.7 Å². The third-order valence-electron chi connectivity index (χ3n) is 5.21. The van der Waals surface area contributed by atoms with E-state index in [-0.39, 0.29) is 5.54 Å². The van der Waals surface area contributed by atoms with Crippen molar-refractivity contribution in [3.05, 3.63) is 52.5 Å². The molecule has 0 radical (unpaired) electrons. The molecule has 1 aliphatic heterocycles. The smallest absolute Gasteiger partial charge is 0.129 e. The Kier molecular flexibility index (Phi) is 5.29. The highest BCUT2D eigenvalue weighted by Crippen LogP contribution is 2.45. The van der Waals surface area contributed by atoms with Crippen LogP contribution in [0.2, 0.25) is 5.02 Å². The summed E-state index contributed by atoms with van der Waals surface area (Å²) in [7, 11) is 1.71. The molecule has 0 saturated heterocycles. The van der Waals surface area contributed by atoms with Gasteiger partial charge < -0.3 is 9.64 Å². The molecule has 0 aliphatic carbocycles. The Hall–Kier alpha value is -2.00.